The molecule has 1 atom stereocenters. The fourth-order valence-corrected chi connectivity index (χ4v) is 1.66. The summed E-state index contributed by atoms with van der Waals surface area (Å²) in [5.41, 5.74) is 0. The van der Waals surface area contributed by atoms with Gasteiger partial charge in [-0.1, -0.05) is 6.92 Å². The molecular weight excluding hydrogens is 192 g/mol. The number of Topliss-reactive ketones (excluding diaryl/α,β-unsaturated/α-hetero) is 1. The maximum Gasteiger partial charge on any atom is 0.156 e. The molecule has 4 nitrogen and oxygen atoms in total. The molecule has 0 aromatic carbocycles. The van der Waals surface area contributed by atoms with Crippen LogP contribution in [-0.2, 0) is 9.53 Å². The summed E-state index contributed by atoms with van der Waals surface area (Å²) in [4.78, 5) is 13.3. The first-order chi connectivity index (χ1) is 7.26. The van der Waals surface area contributed by atoms with E-state index >= 15 is 0 Å². The van der Waals surface area contributed by atoms with Gasteiger partial charge in [0.05, 0.1) is 12.7 Å². The summed E-state index contributed by atoms with van der Waals surface area (Å²) in [6.45, 7) is 4.96. The molecule has 0 bridgehead atoms. The third-order valence-electron chi connectivity index (χ3n) is 2.62. The molecule has 15 heavy (non-hydrogen) atoms. The van der Waals surface area contributed by atoms with Crippen molar-refractivity contribution in [1.29, 1.82) is 5.26 Å². The van der Waals surface area contributed by atoms with Crippen molar-refractivity contribution >= 4 is 5.78 Å². The lowest BCUT2D eigenvalue weighted by Gasteiger charge is -2.29. The lowest BCUT2D eigenvalue weighted by molar-refractivity contribution is -0.118. The maximum atomic E-state index is 11.1. The normalized spacial score (nSPS) is 22.3. The van der Waals surface area contributed by atoms with Crippen molar-refractivity contribution in [3.63, 3.8) is 0 Å². The Morgan fingerprint density at radius 2 is 2.47 bits per heavy atom. The highest BCUT2D eigenvalue weighted by Crippen LogP contribution is 2.06. The largest absolute Gasteiger partial charge is 0.361 e. The number of rotatable bonds is 5. The van der Waals surface area contributed by atoms with Crippen LogP contribution in [0.2, 0.25) is 0 Å². The number of morpholine rings is 1. The quantitative estimate of drug-likeness (QED) is 0.678. The summed E-state index contributed by atoms with van der Waals surface area (Å²) in [5, 5.41) is 8.70. The van der Waals surface area contributed by atoms with Crippen molar-refractivity contribution in [2.24, 2.45) is 0 Å². The Kier molecular flexibility index (Phi) is 5.30. The number of carbonyl (C=O) groups is 1. The predicted octanol–water partition coefficient (Wildman–Crippen LogP) is 0.970. The SMILES string of the molecule is CCC(=O)CCCN1CCOC(C#N)C1. The van der Waals surface area contributed by atoms with Crippen molar-refractivity contribution in [3.8, 4) is 6.07 Å². The van der Waals surface area contributed by atoms with Crippen molar-refractivity contribution < 1.29 is 9.53 Å². The highest BCUT2D eigenvalue weighted by Gasteiger charge is 2.19. The lowest BCUT2D eigenvalue weighted by Crippen LogP contribution is -2.42. The summed E-state index contributed by atoms with van der Waals surface area (Å²) in [7, 11) is 0. The zero-order chi connectivity index (χ0) is 11.1. The third-order valence-corrected chi connectivity index (χ3v) is 2.62. The van der Waals surface area contributed by atoms with Crippen LogP contribution in [0.1, 0.15) is 26.2 Å². The first-order valence-electron chi connectivity index (χ1n) is 5.51. The zero-order valence-electron chi connectivity index (χ0n) is 9.24. The average molecular weight is 210 g/mol. The van der Waals surface area contributed by atoms with Gasteiger partial charge in [0.2, 0.25) is 0 Å². The molecule has 1 aliphatic heterocycles. The van der Waals surface area contributed by atoms with Gasteiger partial charge in [0.25, 0.3) is 0 Å². The number of hydrogen-bond donors (Lipinski definition) is 0. The van der Waals surface area contributed by atoms with Crippen LogP contribution in [0.3, 0.4) is 0 Å². The fourth-order valence-electron chi connectivity index (χ4n) is 1.66. The van der Waals surface area contributed by atoms with Crippen LogP contribution in [0.15, 0.2) is 0 Å². The first-order valence-corrected chi connectivity index (χ1v) is 5.51. The van der Waals surface area contributed by atoms with Crippen LogP contribution in [0.5, 0.6) is 0 Å². The minimum atomic E-state index is -0.291. The van der Waals surface area contributed by atoms with Crippen LogP contribution in [0.4, 0.5) is 0 Å². The molecule has 0 aliphatic carbocycles. The zero-order valence-corrected chi connectivity index (χ0v) is 9.24. The Morgan fingerprint density at radius 1 is 1.67 bits per heavy atom. The monoisotopic (exact) mass is 210 g/mol. The van der Waals surface area contributed by atoms with E-state index < -0.39 is 0 Å². The van der Waals surface area contributed by atoms with Crippen LogP contribution in [0.25, 0.3) is 0 Å². The Bertz CT molecular complexity index is 247. The van der Waals surface area contributed by atoms with Gasteiger partial charge in [-0.25, -0.2) is 0 Å². The topological polar surface area (TPSA) is 53.3 Å². The Labute approximate surface area is 90.8 Å². The van der Waals surface area contributed by atoms with Gasteiger partial charge in [-0.15, -0.1) is 0 Å². The van der Waals surface area contributed by atoms with Crippen LogP contribution in [0, 0.1) is 11.3 Å². The van der Waals surface area contributed by atoms with Crippen molar-refractivity contribution in [3.05, 3.63) is 0 Å². The molecule has 0 radical (unpaired) electrons. The number of ether oxygens (including phenoxy) is 1. The molecule has 0 aromatic heterocycles. The molecule has 1 rings (SSSR count). The smallest absolute Gasteiger partial charge is 0.156 e. The van der Waals surface area contributed by atoms with Gasteiger partial charge in [-0.2, -0.15) is 5.26 Å². The summed E-state index contributed by atoms with van der Waals surface area (Å²) in [6.07, 6.45) is 1.89. The van der Waals surface area contributed by atoms with Crippen molar-refractivity contribution in [2.75, 3.05) is 26.2 Å². The number of hydrogen-bond acceptors (Lipinski definition) is 4. The second-order valence-corrected chi connectivity index (χ2v) is 3.78. The predicted molar refractivity (Wildman–Crippen MR) is 56.3 cm³/mol. The Hall–Kier alpha value is -0.920. The molecule has 1 saturated heterocycles. The van der Waals surface area contributed by atoms with Gasteiger partial charge in [0.1, 0.15) is 5.78 Å². The molecule has 0 saturated carbocycles. The number of ketones is 1. The minimum Gasteiger partial charge on any atom is -0.361 e. The van der Waals surface area contributed by atoms with E-state index in [1.807, 2.05) is 6.92 Å². The minimum absolute atomic E-state index is 0.291. The van der Waals surface area contributed by atoms with E-state index in [1.54, 1.807) is 0 Å². The first kappa shape index (κ1) is 12.2. The summed E-state index contributed by atoms with van der Waals surface area (Å²) in [6, 6.07) is 2.11. The molecule has 0 spiro atoms. The second-order valence-electron chi connectivity index (χ2n) is 3.78. The molecule has 1 fully saturated rings. The summed E-state index contributed by atoms with van der Waals surface area (Å²) < 4.78 is 5.24. The van der Waals surface area contributed by atoms with E-state index in [9.17, 15) is 4.79 Å². The molecule has 1 unspecified atom stereocenters. The molecule has 1 aliphatic rings. The molecule has 0 N–H and O–H groups in total. The molecule has 0 amide bonds. The van der Waals surface area contributed by atoms with Gasteiger partial charge in [-0.3, -0.25) is 9.69 Å². The molecule has 4 heteroatoms. The van der Waals surface area contributed by atoms with E-state index in [0.717, 1.165) is 19.5 Å². The highest BCUT2D eigenvalue weighted by atomic mass is 16.5. The number of nitrogens with zero attached hydrogens (tertiary/aromatic N) is 2. The van der Waals surface area contributed by atoms with E-state index in [1.165, 1.54) is 0 Å². The van der Waals surface area contributed by atoms with Gasteiger partial charge in [-0.05, 0) is 13.0 Å². The Balaban J connectivity index is 2.16. The van der Waals surface area contributed by atoms with Gasteiger partial charge >= 0.3 is 0 Å². The Morgan fingerprint density at radius 3 is 3.13 bits per heavy atom. The fraction of sp³-hybridized carbons (Fsp3) is 0.818. The van der Waals surface area contributed by atoms with E-state index in [2.05, 4.69) is 11.0 Å². The van der Waals surface area contributed by atoms with E-state index in [-0.39, 0.29) is 6.10 Å². The van der Waals surface area contributed by atoms with Crippen LogP contribution in [-0.4, -0.2) is 43.0 Å². The standard InChI is InChI=1S/C11H18N2O2/c1-2-10(14)4-3-5-13-6-7-15-11(8-12)9-13/h11H,2-7,9H2,1H3. The van der Waals surface area contributed by atoms with Gasteiger partial charge in [0, 0.05) is 25.9 Å². The summed E-state index contributed by atoms with van der Waals surface area (Å²) in [5.74, 6) is 0.320. The second kappa shape index (κ2) is 6.54. The molecule has 84 valence electrons. The number of carbonyl (C=O) groups excluding carboxylic acids is 1. The lowest BCUT2D eigenvalue weighted by atomic mass is 10.1. The highest BCUT2D eigenvalue weighted by molar-refractivity contribution is 5.77. The van der Waals surface area contributed by atoms with Crippen LogP contribution >= 0.6 is 0 Å². The molecule has 0 aromatic rings. The van der Waals surface area contributed by atoms with Crippen molar-refractivity contribution in [2.45, 2.75) is 32.3 Å². The van der Waals surface area contributed by atoms with Crippen LogP contribution < -0.4 is 0 Å². The van der Waals surface area contributed by atoms with Crippen molar-refractivity contribution in [1.82, 2.24) is 4.90 Å². The molecule has 1 heterocycles. The summed E-state index contributed by atoms with van der Waals surface area (Å²) >= 11 is 0. The maximum absolute atomic E-state index is 11.1. The van der Waals surface area contributed by atoms with E-state index in [0.29, 0.717) is 31.8 Å². The third kappa shape index (κ3) is 4.41. The average Bonchev–Trinajstić information content (AvgIpc) is 2.29. The number of nitriles is 1. The van der Waals surface area contributed by atoms with Gasteiger partial charge in [0.15, 0.2) is 6.10 Å². The van der Waals surface area contributed by atoms with Gasteiger partial charge < -0.3 is 4.74 Å². The van der Waals surface area contributed by atoms with E-state index in [4.69, 9.17) is 10.00 Å². The molecular formula is C11H18N2O2.